The fourth-order valence-electron chi connectivity index (χ4n) is 9.89. The smallest absolute Gasteiger partial charge is 0.456 e. The minimum atomic E-state index is -4.47. The zero-order chi connectivity index (χ0) is 63.5. The molecule has 0 aliphatic heterocycles. The third-order valence-corrected chi connectivity index (χ3v) is 16.4. The molecule has 3 atom stereocenters. The number of ether oxygens (including phenoxy) is 1. The van der Waals surface area contributed by atoms with Crippen molar-refractivity contribution in [1.29, 1.82) is 0 Å². The molecule has 3 unspecified atom stereocenters. The highest BCUT2D eigenvalue weighted by molar-refractivity contribution is 7.47. The highest BCUT2D eigenvalue weighted by atomic mass is 31.2. The van der Waals surface area contributed by atoms with Crippen molar-refractivity contribution in [2.45, 2.75) is 315 Å². The number of likely N-dealkylation sites (N-methyl/N-ethyl adjacent to an activating group) is 1. The van der Waals surface area contributed by atoms with E-state index in [0.29, 0.717) is 17.4 Å². The molecule has 0 bridgehead atoms. The van der Waals surface area contributed by atoms with E-state index in [1.54, 1.807) is 0 Å². The van der Waals surface area contributed by atoms with Crippen LogP contribution in [0.5, 0.6) is 0 Å². The van der Waals surface area contributed by atoms with Crippen LogP contribution >= 0.6 is 7.82 Å². The van der Waals surface area contributed by atoms with Gasteiger partial charge in [-0.25, -0.2) is 4.57 Å². The molecule has 87 heavy (non-hydrogen) atoms. The fraction of sp³-hybridized carbons (Fsp3) is 0.714. The molecule has 0 fully saturated rings. The standard InChI is InChI=1S/C77H135N2O7P/c1-7-10-13-16-19-22-25-27-29-31-33-35-37-39-41-43-45-47-49-51-54-57-60-63-66-69-76(80)78-74(73-85-87(82,83)84-72-71-79(4,5)6)75(68-65-62-59-56-53-24-21-18-15-12-9-3)86-77(81)70-67-64-61-58-55-52-50-48-46-44-42-40-38-36-34-32-30-28-26-23-20-17-14-11-8-2/h10,13,19-20,22-23,27-30,33-36,39-42,65,68,74-75H,7-9,11-12,14-18,21,24-26,31-32,37-38,43-64,66-67,69-73H2,1-6H3,(H-,78,80,82,83)/p+1/b13-10-,22-19-,23-20-,29-27-,30-28-,35-33-,36-34-,41-39-,42-40-,68-65+. The van der Waals surface area contributed by atoms with E-state index in [1.165, 1.54) is 135 Å². The fourth-order valence-corrected chi connectivity index (χ4v) is 10.6. The maximum absolute atomic E-state index is 13.6. The summed E-state index contributed by atoms with van der Waals surface area (Å²) >= 11 is 0. The Bertz CT molecular complexity index is 1900. The molecule has 0 spiro atoms. The molecule has 0 heterocycles. The predicted octanol–water partition coefficient (Wildman–Crippen LogP) is 23.0. The van der Waals surface area contributed by atoms with Gasteiger partial charge in [-0.2, -0.15) is 0 Å². The molecular weight excluding hydrogens is 1100 g/mol. The monoisotopic (exact) mass is 1230 g/mol. The van der Waals surface area contributed by atoms with Crippen molar-refractivity contribution in [3.8, 4) is 0 Å². The SMILES string of the molecule is CC/C=C\C/C=C\C/C=C\C/C=C\C/C=C\CCCCCCCCCCCC(=O)NC(COP(=O)(O)OCC[N+](C)(C)C)C(/C=C/CCCCCCCCCCC)OC(=O)CCCCCCCCCCC/C=C\C/C=C\C/C=C\C/C=C\CCCCC. The Morgan fingerprint density at radius 3 is 1.13 bits per heavy atom. The second-order valence-electron chi connectivity index (χ2n) is 25.0. The second-order valence-corrected chi connectivity index (χ2v) is 26.5. The predicted molar refractivity (Wildman–Crippen MR) is 378 cm³/mol. The van der Waals surface area contributed by atoms with E-state index < -0.39 is 20.0 Å². The lowest BCUT2D eigenvalue weighted by Crippen LogP contribution is -2.47. The molecule has 0 radical (unpaired) electrons. The summed E-state index contributed by atoms with van der Waals surface area (Å²) in [5.74, 6) is -0.521. The summed E-state index contributed by atoms with van der Waals surface area (Å²) in [4.78, 5) is 37.9. The number of hydrogen-bond acceptors (Lipinski definition) is 6. The molecule has 1 amide bonds. The first-order valence-corrected chi connectivity index (χ1v) is 37.4. The van der Waals surface area contributed by atoms with Gasteiger partial charge in [0.15, 0.2) is 0 Å². The minimum Gasteiger partial charge on any atom is -0.456 e. The van der Waals surface area contributed by atoms with Gasteiger partial charge in [-0.05, 0) is 122 Å². The van der Waals surface area contributed by atoms with Gasteiger partial charge in [-0.3, -0.25) is 18.6 Å². The number of esters is 1. The third kappa shape index (κ3) is 66.7. The van der Waals surface area contributed by atoms with Crippen LogP contribution in [0, 0.1) is 0 Å². The van der Waals surface area contributed by atoms with Gasteiger partial charge in [0, 0.05) is 12.8 Å². The van der Waals surface area contributed by atoms with E-state index in [2.05, 4.69) is 135 Å². The van der Waals surface area contributed by atoms with Crippen LogP contribution in [0.3, 0.4) is 0 Å². The molecule has 0 saturated heterocycles. The lowest BCUT2D eigenvalue weighted by molar-refractivity contribution is -0.870. The number of phosphoric acid groups is 1. The van der Waals surface area contributed by atoms with Gasteiger partial charge < -0.3 is 19.4 Å². The van der Waals surface area contributed by atoms with Crippen LogP contribution in [0.25, 0.3) is 0 Å². The number of carbonyl (C=O) groups excluding carboxylic acids is 2. The van der Waals surface area contributed by atoms with Crippen LogP contribution in [0.4, 0.5) is 0 Å². The quantitative estimate of drug-likeness (QED) is 0.0205. The molecule has 500 valence electrons. The summed E-state index contributed by atoms with van der Waals surface area (Å²) in [5.41, 5.74) is 0. The summed E-state index contributed by atoms with van der Waals surface area (Å²) < 4.78 is 30.8. The Morgan fingerprint density at radius 2 is 0.736 bits per heavy atom. The van der Waals surface area contributed by atoms with Crippen LogP contribution in [0.15, 0.2) is 122 Å². The van der Waals surface area contributed by atoms with E-state index in [9.17, 15) is 19.0 Å². The molecule has 0 aromatic carbocycles. The van der Waals surface area contributed by atoms with Crippen LogP contribution in [-0.4, -0.2) is 74.3 Å². The number of quaternary nitrogens is 1. The Hall–Kier alpha value is -3.59. The summed E-state index contributed by atoms with van der Waals surface area (Å²) in [6.07, 6.45) is 92.1. The number of allylic oxidation sites excluding steroid dienone is 19. The number of amides is 1. The number of unbranched alkanes of at least 4 members (excludes halogenated alkanes) is 30. The van der Waals surface area contributed by atoms with E-state index >= 15 is 0 Å². The first kappa shape index (κ1) is 83.4. The van der Waals surface area contributed by atoms with Gasteiger partial charge in [-0.15, -0.1) is 0 Å². The Balaban J connectivity index is 5.06. The van der Waals surface area contributed by atoms with Crippen molar-refractivity contribution in [3.05, 3.63) is 122 Å². The molecule has 0 aliphatic rings. The second kappa shape index (κ2) is 65.4. The van der Waals surface area contributed by atoms with Crippen LogP contribution in [0.2, 0.25) is 0 Å². The van der Waals surface area contributed by atoms with Crippen molar-refractivity contribution in [3.63, 3.8) is 0 Å². The van der Waals surface area contributed by atoms with Gasteiger partial charge >= 0.3 is 13.8 Å². The van der Waals surface area contributed by atoms with Gasteiger partial charge in [0.05, 0.1) is 33.8 Å². The number of rotatable bonds is 64. The van der Waals surface area contributed by atoms with Crippen molar-refractivity contribution in [2.75, 3.05) is 40.9 Å². The lowest BCUT2D eigenvalue weighted by Gasteiger charge is -2.27. The van der Waals surface area contributed by atoms with Gasteiger partial charge in [0.1, 0.15) is 19.3 Å². The number of nitrogens with zero attached hydrogens (tertiary/aromatic N) is 1. The average Bonchev–Trinajstić information content (AvgIpc) is 3.70. The van der Waals surface area contributed by atoms with E-state index in [-0.39, 0.29) is 31.5 Å². The van der Waals surface area contributed by atoms with Crippen molar-refractivity contribution < 1.29 is 37.3 Å². The molecule has 0 rings (SSSR count). The summed E-state index contributed by atoms with van der Waals surface area (Å²) in [7, 11) is 1.48. The summed E-state index contributed by atoms with van der Waals surface area (Å²) in [6.45, 7) is 6.87. The zero-order valence-corrected chi connectivity index (χ0v) is 58.1. The normalized spacial score (nSPS) is 14.2. The van der Waals surface area contributed by atoms with E-state index in [0.717, 1.165) is 135 Å². The minimum absolute atomic E-state index is 0.0322. The molecule has 10 heteroatoms. The van der Waals surface area contributed by atoms with Crippen LogP contribution in [0.1, 0.15) is 303 Å². The molecule has 0 aromatic heterocycles. The van der Waals surface area contributed by atoms with E-state index in [1.807, 2.05) is 33.3 Å². The lowest BCUT2D eigenvalue weighted by atomic mass is 10.0. The molecule has 0 aromatic rings. The Morgan fingerprint density at radius 1 is 0.414 bits per heavy atom. The highest BCUT2D eigenvalue weighted by Gasteiger charge is 2.30. The largest absolute Gasteiger partial charge is 0.472 e. The maximum atomic E-state index is 13.6. The first-order valence-electron chi connectivity index (χ1n) is 35.9. The van der Waals surface area contributed by atoms with E-state index in [4.69, 9.17) is 13.8 Å². The Kier molecular flexibility index (Phi) is 62.7. The van der Waals surface area contributed by atoms with Gasteiger partial charge in [0.25, 0.3) is 0 Å². The number of hydrogen-bond donors (Lipinski definition) is 2. The molecule has 0 aliphatic carbocycles. The maximum Gasteiger partial charge on any atom is 0.472 e. The third-order valence-electron chi connectivity index (χ3n) is 15.4. The average molecular weight is 1230 g/mol. The topological polar surface area (TPSA) is 111 Å². The number of nitrogens with one attached hydrogen (secondary N) is 1. The summed E-state index contributed by atoms with van der Waals surface area (Å²) in [5, 5.41) is 3.06. The zero-order valence-electron chi connectivity index (χ0n) is 57.2. The van der Waals surface area contributed by atoms with Crippen molar-refractivity contribution >= 4 is 19.7 Å². The summed E-state index contributed by atoms with van der Waals surface area (Å²) in [6, 6.07) is -0.863. The van der Waals surface area contributed by atoms with Crippen molar-refractivity contribution in [2.24, 2.45) is 0 Å². The molecular formula is C77H136N2O7P+. The molecule has 0 saturated carbocycles. The van der Waals surface area contributed by atoms with Gasteiger partial charge in [-0.1, -0.05) is 290 Å². The number of phosphoric ester groups is 1. The Labute approximate surface area is 537 Å². The van der Waals surface area contributed by atoms with Crippen molar-refractivity contribution in [1.82, 2.24) is 5.32 Å². The highest BCUT2D eigenvalue weighted by Crippen LogP contribution is 2.43. The van der Waals surface area contributed by atoms with Crippen LogP contribution in [-0.2, 0) is 27.9 Å². The first-order chi connectivity index (χ1) is 42.4. The number of carbonyl (C=O) groups is 2. The van der Waals surface area contributed by atoms with Gasteiger partial charge in [0.2, 0.25) is 5.91 Å². The molecule has 2 N–H and O–H groups in total. The van der Waals surface area contributed by atoms with Crippen LogP contribution < -0.4 is 5.32 Å². The molecule has 9 nitrogen and oxygen atoms in total.